The molecule has 1 heterocycles. The number of nitrogens with zero attached hydrogens (tertiary/aromatic N) is 1. The van der Waals surface area contributed by atoms with Crippen LogP contribution in [0, 0.1) is 5.92 Å². The molecule has 26 heavy (non-hydrogen) atoms. The van der Waals surface area contributed by atoms with E-state index in [-0.39, 0.29) is 30.7 Å². The molecule has 1 aromatic rings. The van der Waals surface area contributed by atoms with E-state index in [1.54, 1.807) is 0 Å². The molecule has 1 aliphatic rings. The zero-order valence-corrected chi connectivity index (χ0v) is 17.7. The number of amides is 1. The molecule has 1 aromatic carbocycles. The second-order valence-electron chi connectivity index (χ2n) is 6.89. The minimum Gasteiger partial charge on any atom is -0.399 e. The van der Waals surface area contributed by atoms with Crippen LogP contribution in [0.3, 0.4) is 0 Å². The highest BCUT2D eigenvalue weighted by Gasteiger charge is 2.27. The third-order valence-corrected chi connectivity index (χ3v) is 5.39. The maximum absolute atomic E-state index is 12.3. The van der Waals surface area contributed by atoms with Gasteiger partial charge in [0, 0.05) is 24.7 Å². The fourth-order valence-electron chi connectivity index (χ4n) is 3.82. The van der Waals surface area contributed by atoms with Crippen LogP contribution in [0.5, 0.6) is 0 Å². The number of halogens is 2. The van der Waals surface area contributed by atoms with Gasteiger partial charge in [-0.2, -0.15) is 0 Å². The van der Waals surface area contributed by atoms with Crippen LogP contribution in [0.25, 0.3) is 0 Å². The highest BCUT2D eigenvalue weighted by Crippen LogP contribution is 2.22. The molecule has 1 fully saturated rings. The summed E-state index contributed by atoms with van der Waals surface area (Å²) in [5, 5.41) is 3.18. The van der Waals surface area contributed by atoms with E-state index in [0.29, 0.717) is 24.8 Å². The van der Waals surface area contributed by atoms with Gasteiger partial charge in [-0.15, -0.1) is 24.8 Å². The average molecular weight is 404 g/mol. The third kappa shape index (κ3) is 7.34. The second kappa shape index (κ2) is 13.2. The number of hydrogen-bond acceptors (Lipinski definition) is 3. The minimum atomic E-state index is 0. The molecule has 2 rings (SSSR count). The summed E-state index contributed by atoms with van der Waals surface area (Å²) in [7, 11) is 0. The van der Waals surface area contributed by atoms with Crippen LogP contribution in [-0.4, -0.2) is 36.5 Å². The van der Waals surface area contributed by atoms with E-state index in [9.17, 15) is 4.79 Å². The summed E-state index contributed by atoms with van der Waals surface area (Å²) in [6.45, 7) is 7.65. The molecule has 6 heteroatoms. The van der Waals surface area contributed by atoms with E-state index >= 15 is 0 Å². The Morgan fingerprint density at radius 2 is 1.77 bits per heavy atom. The zero-order valence-electron chi connectivity index (χ0n) is 16.1. The van der Waals surface area contributed by atoms with Crippen LogP contribution in [0.2, 0.25) is 0 Å². The van der Waals surface area contributed by atoms with E-state index in [2.05, 4.69) is 24.1 Å². The van der Waals surface area contributed by atoms with Gasteiger partial charge in [0.15, 0.2) is 0 Å². The standard InChI is InChI=1S/C20H33N3O.2ClH/c1-3-16(4-2)19(23-13-7-8-14-23)15-22-20(24)12-11-17-9-5-6-10-18(17)21;;/h5-6,9-10,16,19H,3-4,7-8,11-15,21H2,1-2H3,(H,22,24);2*1H. The van der Waals surface area contributed by atoms with Crippen LogP contribution in [0.15, 0.2) is 24.3 Å². The molecule has 0 bridgehead atoms. The lowest BCUT2D eigenvalue weighted by atomic mass is 9.93. The lowest BCUT2D eigenvalue weighted by molar-refractivity contribution is -0.121. The van der Waals surface area contributed by atoms with E-state index in [1.165, 1.54) is 38.8 Å². The SMILES string of the molecule is CCC(CC)C(CNC(=O)CCc1ccccc1N)N1CCCC1.Cl.Cl. The van der Waals surface area contributed by atoms with Crippen molar-refractivity contribution in [3.63, 3.8) is 0 Å². The highest BCUT2D eigenvalue weighted by molar-refractivity contribution is 5.85. The molecule has 1 unspecified atom stereocenters. The summed E-state index contributed by atoms with van der Waals surface area (Å²) < 4.78 is 0. The molecular weight excluding hydrogens is 369 g/mol. The molecule has 1 saturated heterocycles. The van der Waals surface area contributed by atoms with Gasteiger partial charge in [-0.05, 0) is 49.9 Å². The van der Waals surface area contributed by atoms with Crippen molar-refractivity contribution in [3.05, 3.63) is 29.8 Å². The number of benzene rings is 1. The van der Waals surface area contributed by atoms with Crippen molar-refractivity contribution in [3.8, 4) is 0 Å². The number of nitrogen functional groups attached to an aromatic ring is 1. The van der Waals surface area contributed by atoms with Gasteiger partial charge in [0.25, 0.3) is 0 Å². The predicted molar refractivity (Wildman–Crippen MR) is 115 cm³/mol. The van der Waals surface area contributed by atoms with Crippen molar-refractivity contribution in [1.82, 2.24) is 10.2 Å². The molecule has 0 aliphatic carbocycles. The fourth-order valence-corrected chi connectivity index (χ4v) is 3.82. The Hall–Kier alpha value is -0.970. The van der Waals surface area contributed by atoms with Gasteiger partial charge in [-0.1, -0.05) is 44.9 Å². The first-order valence-corrected chi connectivity index (χ1v) is 9.49. The lowest BCUT2D eigenvalue weighted by Crippen LogP contribution is -2.46. The normalized spacial score (nSPS) is 15.2. The maximum Gasteiger partial charge on any atom is 0.220 e. The number of carbonyl (C=O) groups is 1. The summed E-state index contributed by atoms with van der Waals surface area (Å²) in [5.41, 5.74) is 7.78. The zero-order chi connectivity index (χ0) is 17.4. The van der Waals surface area contributed by atoms with E-state index in [4.69, 9.17) is 5.73 Å². The number of para-hydroxylation sites is 1. The Morgan fingerprint density at radius 3 is 2.35 bits per heavy atom. The van der Waals surface area contributed by atoms with Crippen LogP contribution >= 0.6 is 24.8 Å². The summed E-state index contributed by atoms with van der Waals surface area (Å²) in [6, 6.07) is 8.27. The monoisotopic (exact) mass is 403 g/mol. The molecule has 150 valence electrons. The maximum atomic E-state index is 12.3. The van der Waals surface area contributed by atoms with E-state index in [0.717, 1.165) is 17.8 Å². The summed E-state index contributed by atoms with van der Waals surface area (Å²) in [6.07, 6.45) is 6.14. The number of hydrogen-bond donors (Lipinski definition) is 2. The van der Waals surface area contributed by atoms with Crippen molar-refractivity contribution >= 4 is 36.4 Å². The van der Waals surface area contributed by atoms with Gasteiger partial charge in [-0.3, -0.25) is 9.69 Å². The number of nitrogens with two attached hydrogens (primary N) is 1. The summed E-state index contributed by atoms with van der Waals surface area (Å²) >= 11 is 0. The van der Waals surface area contributed by atoms with Gasteiger partial charge in [0.1, 0.15) is 0 Å². The highest BCUT2D eigenvalue weighted by atomic mass is 35.5. The van der Waals surface area contributed by atoms with Gasteiger partial charge in [0.2, 0.25) is 5.91 Å². The fraction of sp³-hybridized carbons (Fsp3) is 0.650. The molecule has 3 N–H and O–H groups in total. The first kappa shape index (κ1) is 25.0. The Morgan fingerprint density at radius 1 is 1.15 bits per heavy atom. The average Bonchev–Trinajstić information content (AvgIpc) is 3.12. The van der Waals surface area contributed by atoms with Gasteiger partial charge < -0.3 is 11.1 Å². The van der Waals surface area contributed by atoms with E-state index in [1.807, 2.05) is 24.3 Å². The molecule has 1 atom stereocenters. The second-order valence-corrected chi connectivity index (χ2v) is 6.89. The Labute approximate surface area is 171 Å². The van der Waals surface area contributed by atoms with Crippen molar-refractivity contribution in [1.29, 1.82) is 0 Å². The topological polar surface area (TPSA) is 58.4 Å². The van der Waals surface area contributed by atoms with Crippen molar-refractivity contribution in [2.24, 2.45) is 5.92 Å². The van der Waals surface area contributed by atoms with Gasteiger partial charge >= 0.3 is 0 Å². The Kier molecular flexibility index (Phi) is 12.7. The van der Waals surface area contributed by atoms with Crippen molar-refractivity contribution in [2.75, 3.05) is 25.4 Å². The molecule has 4 nitrogen and oxygen atoms in total. The minimum absolute atomic E-state index is 0. The van der Waals surface area contributed by atoms with Crippen LogP contribution < -0.4 is 11.1 Å². The molecule has 1 aliphatic heterocycles. The summed E-state index contributed by atoms with van der Waals surface area (Å²) in [4.78, 5) is 14.9. The predicted octanol–water partition coefficient (Wildman–Crippen LogP) is 4.06. The third-order valence-electron chi connectivity index (χ3n) is 5.39. The molecular formula is C20H35Cl2N3O. The van der Waals surface area contributed by atoms with E-state index < -0.39 is 0 Å². The van der Waals surface area contributed by atoms with Gasteiger partial charge in [0.05, 0.1) is 0 Å². The smallest absolute Gasteiger partial charge is 0.220 e. The number of carbonyl (C=O) groups excluding carboxylic acids is 1. The first-order chi connectivity index (χ1) is 11.7. The molecule has 0 saturated carbocycles. The largest absolute Gasteiger partial charge is 0.399 e. The van der Waals surface area contributed by atoms with Crippen molar-refractivity contribution in [2.45, 2.75) is 58.4 Å². The first-order valence-electron chi connectivity index (χ1n) is 9.49. The summed E-state index contributed by atoms with van der Waals surface area (Å²) in [5.74, 6) is 0.793. The molecule has 1 amide bonds. The number of nitrogens with one attached hydrogen (secondary N) is 1. The number of aryl methyl sites for hydroxylation is 1. The number of rotatable bonds is 9. The Bertz CT molecular complexity index is 516. The van der Waals surface area contributed by atoms with Crippen LogP contribution in [0.1, 0.15) is 51.5 Å². The number of likely N-dealkylation sites (tertiary alicyclic amines) is 1. The number of anilines is 1. The van der Waals surface area contributed by atoms with Crippen LogP contribution in [0.4, 0.5) is 5.69 Å². The Balaban J connectivity index is 0.00000312. The van der Waals surface area contributed by atoms with Crippen LogP contribution in [-0.2, 0) is 11.2 Å². The molecule has 0 aromatic heterocycles. The van der Waals surface area contributed by atoms with Gasteiger partial charge in [-0.25, -0.2) is 0 Å². The molecule has 0 radical (unpaired) electrons. The quantitative estimate of drug-likeness (QED) is 0.611. The lowest BCUT2D eigenvalue weighted by Gasteiger charge is -2.34. The molecule has 0 spiro atoms. The van der Waals surface area contributed by atoms with Crippen molar-refractivity contribution < 1.29 is 4.79 Å².